The number of alkyl halides is 4. The van der Waals surface area contributed by atoms with Gasteiger partial charge >= 0.3 is 10.5 Å². The van der Waals surface area contributed by atoms with Gasteiger partial charge in [0.2, 0.25) is 0 Å². The second-order valence-electron chi connectivity index (χ2n) is 4.55. The fraction of sp³-hybridized carbons (Fsp3) is 0.143. The van der Waals surface area contributed by atoms with E-state index in [-0.39, 0.29) is 10.0 Å². The van der Waals surface area contributed by atoms with E-state index in [1.54, 1.807) is 0 Å². The van der Waals surface area contributed by atoms with E-state index in [0.717, 1.165) is 24.3 Å². The Morgan fingerprint density at radius 1 is 0.652 bits per heavy atom. The molecule has 2 aromatic carbocycles. The first-order chi connectivity index (χ1) is 10.5. The van der Waals surface area contributed by atoms with E-state index in [0.29, 0.717) is 24.3 Å². The zero-order valence-electron chi connectivity index (χ0n) is 11.1. The Morgan fingerprint density at radius 3 is 1.17 bits per heavy atom. The first-order valence-electron chi connectivity index (χ1n) is 6.02. The van der Waals surface area contributed by atoms with Gasteiger partial charge in [-0.15, -0.1) is 0 Å². The van der Waals surface area contributed by atoms with E-state index in [1.165, 1.54) is 0 Å². The molecule has 0 radical (unpaired) electrons. The smallest absolute Gasteiger partial charge is 0.215 e. The Kier molecular flexibility index (Phi) is 4.67. The summed E-state index contributed by atoms with van der Waals surface area (Å²) in [5.41, 5.74) is -2.20. The van der Waals surface area contributed by atoms with Crippen molar-refractivity contribution in [3.05, 3.63) is 69.7 Å². The summed E-state index contributed by atoms with van der Waals surface area (Å²) in [6, 6.07) is 6.66. The van der Waals surface area contributed by atoms with Crippen molar-refractivity contribution in [1.29, 1.82) is 0 Å². The van der Waals surface area contributed by atoms with Gasteiger partial charge in [0.1, 0.15) is 0 Å². The van der Waals surface area contributed by atoms with Crippen molar-refractivity contribution in [2.24, 2.45) is 0 Å². The van der Waals surface area contributed by atoms with Gasteiger partial charge < -0.3 is 0 Å². The average molecular weight is 387 g/mol. The van der Waals surface area contributed by atoms with Crippen LogP contribution in [0.4, 0.5) is 17.6 Å². The second-order valence-corrected chi connectivity index (χ2v) is 7.46. The van der Waals surface area contributed by atoms with Gasteiger partial charge in [-0.25, -0.2) is 8.42 Å². The van der Waals surface area contributed by atoms with Crippen molar-refractivity contribution in [3.8, 4) is 0 Å². The molecular formula is C14H8Cl2F4O2S. The third kappa shape index (κ3) is 3.05. The van der Waals surface area contributed by atoms with Crippen LogP contribution < -0.4 is 0 Å². The van der Waals surface area contributed by atoms with Crippen LogP contribution >= 0.6 is 23.2 Å². The van der Waals surface area contributed by atoms with Gasteiger partial charge in [0.05, 0.1) is 0 Å². The standard InChI is InChI=1S/C14H8Cl2F4O2S/c15-11-5-1-9(2-6-11)13(17,18)23(21,22)14(19,20)10-3-7-12(16)8-4-10/h1-8H. The molecule has 0 bridgehead atoms. The van der Waals surface area contributed by atoms with Crippen molar-refractivity contribution in [3.63, 3.8) is 0 Å². The maximum Gasteiger partial charge on any atom is 0.377 e. The minimum atomic E-state index is -6.22. The monoisotopic (exact) mass is 386 g/mol. The fourth-order valence-electron chi connectivity index (χ4n) is 1.76. The first kappa shape index (κ1) is 18.0. The van der Waals surface area contributed by atoms with Crippen LogP contribution in [0.5, 0.6) is 0 Å². The Labute approximate surface area is 139 Å². The number of rotatable bonds is 4. The third-order valence-electron chi connectivity index (χ3n) is 3.04. The van der Waals surface area contributed by atoms with Crippen LogP contribution in [0.2, 0.25) is 10.0 Å². The molecule has 2 nitrogen and oxygen atoms in total. The summed E-state index contributed by atoms with van der Waals surface area (Å²) in [7, 11) is -6.22. The summed E-state index contributed by atoms with van der Waals surface area (Å²) < 4.78 is 80.5. The predicted molar refractivity (Wildman–Crippen MR) is 79.6 cm³/mol. The highest BCUT2D eigenvalue weighted by molar-refractivity contribution is 7.92. The molecule has 0 saturated carbocycles. The summed E-state index contributed by atoms with van der Waals surface area (Å²) in [5, 5.41) is -9.49. The van der Waals surface area contributed by atoms with Gasteiger partial charge in [0.15, 0.2) is 0 Å². The lowest BCUT2D eigenvalue weighted by Gasteiger charge is -2.24. The van der Waals surface area contributed by atoms with Gasteiger partial charge in [-0.3, -0.25) is 0 Å². The molecule has 0 amide bonds. The van der Waals surface area contributed by atoms with Crippen molar-refractivity contribution in [2.75, 3.05) is 0 Å². The third-order valence-corrected chi connectivity index (χ3v) is 5.36. The van der Waals surface area contributed by atoms with E-state index < -0.39 is 31.5 Å². The number of benzene rings is 2. The van der Waals surface area contributed by atoms with E-state index >= 15 is 0 Å². The lowest BCUT2D eigenvalue weighted by atomic mass is 10.2. The summed E-state index contributed by atoms with van der Waals surface area (Å²) in [5.74, 6) is 0. The maximum atomic E-state index is 14.2. The van der Waals surface area contributed by atoms with Crippen LogP contribution in [0.1, 0.15) is 11.1 Å². The predicted octanol–water partition coefficient (Wildman–Crippen LogP) is 5.21. The van der Waals surface area contributed by atoms with Gasteiger partial charge in [-0.1, -0.05) is 47.5 Å². The largest absolute Gasteiger partial charge is 0.377 e. The van der Waals surface area contributed by atoms with Crippen LogP contribution in [0.15, 0.2) is 48.5 Å². The molecule has 0 saturated heterocycles. The molecule has 23 heavy (non-hydrogen) atoms. The minimum absolute atomic E-state index is 0.0615. The molecule has 0 fully saturated rings. The highest BCUT2D eigenvalue weighted by Crippen LogP contribution is 2.47. The van der Waals surface area contributed by atoms with Gasteiger partial charge in [0, 0.05) is 21.2 Å². The molecular weight excluding hydrogens is 379 g/mol. The normalized spacial score (nSPS) is 13.1. The van der Waals surface area contributed by atoms with Crippen LogP contribution in [0.25, 0.3) is 0 Å². The van der Waals surface area contributed by atoms with Crippen molar-refractivity contribution in [2.45, 2.75) is 10.5 Å². The highest BCUT2D eigenvalue weighted by atomic mass is 35.5. The molecule has 0 atom stereocenters. The number of halogens is 6. The Morgan fingerprint density at radius 2 is 0.913 bits per heavy atom. The lowest BCUT2D eigenvalue weighted by molar-refractivity contribution is 0.0410. The van der Waals surface area contributed by atoms with Gasteiger partial charge in [0.25, 0.3) is 9.84 Å². The van der Waals surface area contributed by atoms with E-state index in [1.807, 2.05) is 0 Å². The second kappa shape index (κ2) is 5.96. The summed E-state index contributed by atoms with van der Waals surface area (Å²) in [6.45, 7) is 0. The van der Waals surface area contributed by atoms with Crippen molar-refractivity contribution in [1.82, 2.24) is 0 Å². The number of hydrogen-bond acceptors (Lipinski definition) is 2. The zero-order valence-corrected chi connectivity index (χ0v) is 13.4. The molecule has 0 aliphatic rings. The average Bonchev–Trinajstić information content (AvgIpc) is 2.47. The molecule has 0 N–H and O–H groups in total. The Balaban J connectivity index is 2.54. The molecule has 0 unspecified atom stereocenters. The zero-order chi connectivity index (χ0) is 17.5. The highest BCUT2D eigenvalue weighted by Gasteiger charge is 2.62. The number of sulfone groups is 1. The summed E-state index contributed by atoms with van der Waals surface area (Å²) >= 11 is 11.0. The van der Waals surface area contributed by atoms with Gasteiger partial charge in [-0.2, -0.15) is 17.6 Å². The van der Waals surface area contributed by atoms with Crippen molar-refractivity contribution < 1.29 is 26.0 Å². The molecule has 0 aromatic heterocycles. The maximum absolute atomic E-state index is 14.2. The van der Waals surface area contributed by atoms with Crippen LogP contribution in [-0.2, 0) is 20.3 Å². The minimum Gasteiger partial charge on any atom is -0.215 e. The van der Waals surface area contributed by atoms with E-state index in [4.69, 9.17) is 23.2 Å². The SMILES string of the molecule is O=S(=O)(C(F)(F)c1ccc(Cl)cc1)C(F)(F)c1ccc(Cl)cc1. The van der Waals surface area contributed by atoms with Crippen LogP contribution in [-0.4, -0.2) is 8.42 Å². The van der Waals surface area contributed by atoms with Crippen LogP contribution in [0, 0.1) is 0 Å². The molecule has 0 heterocycles. The first-order valence-corrected chi connectivity index (χ1v) is 8.26. The molecule has 124 valence electrons. The molecule has 0 aliphatic carbocycles. The van der Waals surface area contributed by atoms with Crippen LogP contribution in [0.3, 0.4) is 0 Å². The quantitative estimate of drug-likeness (QED) is 0.676. The molecule has 9 heteroatoms. The summed E-state index contributed by atoms with van der Waals surface area (Å²) in [6.07, 6.45) is 0. The molecule has 2 aromatic rings. The van der Waals surface area contributed by atoms with E-state index in [9.17, 15) is 26.0 Å². The lowest BCUT2D eigenvalue weighted by Crippen LogP contribution is -2.38. The van der Waals surface area contributed by atoms with E-state index in [2.05, 4.69) is 0 Å². The number of hydrogen-bond donors (Lipinski definition) is 0. The molecule has 0 spiro atoms. The topological polar surface area (TPSA) is 34.1 Å². The van der Waals surface area contributed by atoms with Crippen molar-refractivity contribution >= 4 is 33.0 Å². The van der Waals surface area contributed by atoms with Gasteiger partial charge in [-0.05, 0) is 24.3 Å². The Hall–Kier alpha value is -1.31. The Bertz CT molecular complexity index is 740. The summed E-state index contributed by atoms with van der Waals surface area (Å²) in [4.78, 5) is 0. The molecule has 0 aliphatic heterocycles. The fourth-order valence-corrected chi connectivity index (χ4v) is 3.23. The molecule has 2 rings (SSSR count).